The first-order chi connectivity index (χ1) is 6.13. The van der Waals surface area contributed by atoms with Crippen molar-refractivity contribution in [2.75, 3.05) is 0 Å². The van der Waals surface area contributed by atoms with E-state index in [1.54, 1.807) is 25.1 Å². The molecular formula is C7H9BNO4. The van der Waals surface area contributed by atoms with Crippen LogP contribution in [-0.2, 0) is 0 Å². The topological polar surface area (TPSA) is 83.6 Å². The summed E-state index contributed by atoms with van der Waals surface area (Å²) in [6, 6.07) is 6.65. The third kappa shape index (κ3) is 4.24. The van der Waals surface area contributed by atoms with Crippen molar-refractivity contribution < 1.29 is 15.0 Å². The molecule has 0 aliphatic carbocycles. The Morgan fingerprint density at radius 3 is 2.15 bits per heavy atom. The molecule has 6 heteroatoms. The number of hydrogen-bond acceptors (Lipinski definition) is 4. The van der Waals surface area contributed by atoms with E-state index in [1.165, 1.54) is 6.07 Å². The van der Waals surface area contributed by atoms with Gasteiger partial charge >= 0.3 is 7.69 Å². The number of para-hydroxylation sites is 1. The molecule has 5 nitrogen and oxygen atoms in total. The number of nitro groups is 1. The normalized spacial score (nSPS) is 8.23. The van der Waals surface area contributed by atoms with Gasteiger partial charge in [-0.2, -0.15) is 0 Å². The van der Waals surface area contributed by atoms with Crippen LogP contribution in [0.1, 0.15) is 5.56 Å². The smallest absolute Gasteiger partial charge is 0.429 e. The van der Waals surface area contributed by atoms with Gasteiger partial charge in [0.05, 0.1) is 4.92 Å². The molecule has 1 aromatic rings. The Kier molecular flexibility index (Phi) is 5.50. The van der Waals surface area contributed by atoms with Crippen LogP contribution in [0.4, 0.5) is 5.69 Å². The van der Waals surface area contributed by atoms with Crippen LogP contribution in [0.2, 0.25) is 0 Å². The van der Waals surface area contributed by atoms with Crippen LogP contribution in [0.3, 0.4) is 0 Å². The summed E-state index contributed by atoms with van der Waals surface area (Å²) < 4.78 is 0. The zero-order valence-electron chi connectivity index (χ0n) is 7.04. The van der Waals surface area contributed by atoms with Gasteiger partial charge in [0.1, 0.15) is 0 Å². The summed E-state index contributed by atoms with van der Waals surface area (Å²) in [5, 5.41) is 24.2. The number of nitrogens with zero attached hydrogens (tertiary/aromatic N) is 1. The van der Waals surface area contributed by atoms with Crippen molar-refractivity contribution in [2.24, 2.45) is 0 Å². The Morgan fingerprint density at radius 1 is 1.38 bits per heavy atom. The van der Waals surface area contributed by atoms with Gasteiger partial charge in [-0.3, -0.25) is 10.1 Å². The van der Waals surface area contributed by atoms with Crippen LogP contribution in [-0.4, -0.2) is 22.7 Å². The SMILES string of the molecule is Cc1ccccc1[N+](=O)[O-].O[B]O. The number of rotatable bonds is 1. The Morgan fingerprint density at radius 2 is 1.85 bits per heavy atom. The minimum absolute atomic E-state index is 0. The van der Waals surface area contributed by atoms with E-state index in [9.17, 15) is 10.1 Å². The maximum Gasteiger partial charge on any atom is 0.482 e. The van der Waals surface area contributed by atoms with Gasteiger partial charge in [-0.05, 0) is 6.92 Å². The lowest BCUT2D eigenvalue weighted by atomic mass is 10.2. The summed E-state index contributed by atoms with van der Waals surface area (Å²) in [4.78, 5) is 9.85. The van der Waals surface area contributed by atoms with Crippen LogP contribution >= 0.6 is 0 Å². The fraction of sp³-hybridized carbons (Fsp3) is 0.143. The van der Waals surface area contributed by atoms with Crippen LogP contribution in [0, 0.1) is 17.0 Å². The standard InChI is InChI=1S/C7H7NO2.BH2O2/c1-6-4-2-3-5-7(6)8(9)10;2-1-3/h2-5H,1H3;2-3H. The molecule has 69 valence electrons. The molecule has 0 fully saturated rings. The molecule has 0 spiro atoms. The fourth-order valence-corrected chi connectivity index (χ4v) is 0.768. The van der Waals surface area contributed by atoms with E-state index in [2.05, 4.69) is 0 Å². The highest BCUT2D eigenvalue weighted by Crippen LogP contribution is 2.14. The van der Waals surface area contributed by atoms with Gasteiger partial charge < -0.3 is 10.0 Å². The van der Waals surface area contributed by atoms with E-state index in [0.29, 0.717) is 5.56 Å². The highest BCUT2D eigenvalue weighted by Gasteiger charge is 2.05. The number of hydrogen-bond donors (Lipinski definition) is 2. The predicted molar refractivity (Wildman–Crippen MR) is 48.0 cm³/mol. The van der Waals surface area contributed by atoms with E-state index in [-0.39, 0.29) is 18.3 Å². The summed E-state index contributed by atoms with van der Waals surface area (Å²) in [7, 11) is 0. The minimum Gasteiger partial charge on any atom is -0.429 e. The maximum atomic E-state index is 10.2. The van der Waals surface area contributed by atoms with E-state index >= 15 is 0 Å². The van der Waals surface area contributed by atoms with Crippen LogP contribution in [0.15, 0.2) is 24.3 Å². The zero-order valence-corrected chi connectivity index (χ0v) is 7.04. The van der Waals surface area contributed by atoms with Crippen molar-refractivity contribution >= 4 is 13.4 Å². The Bertz CT molecular complexity index is 279. The minimum atomic E-state index is -0.380. The van der Waals surface area contributed by atoms with Gasteiger partial charge in [0.25, 0.3) is 5.69 Å². The lowest BCUT2D eigenvalue weighted by molar-refractivity contribution is -0.385. The summed E-state index contributed by atoms with van der Waals surface area (Å²) in [6.07, 6.45) is 0. The second kappa shape index (κ2) is 6.16. The average Bonchev–Trinajstić information content (AvgIpc) is 2.06. The molecular weight excluding hydrogens is 173 g/mol. The summed E-state index contributed by atoms with van der Waals surface area (Å²) >= 11 is 0. The van der Waals surface area contributed by atoms with E-state index in [4.69, 9.17) is 10.0 Å². The molecule has 0 aromatic heterocycles. The van der Waals surface area contributed by atoms with Crippen molar-refractivity contribution in [3.8, 4) is 0 Å². The molecule has 0 unspecified atom stereocenters. The van der Waals surface area contributed by atoms with Crippen molar-refractivity contribution in [3.63, 3.8) is 0 Å². The monoisotopic (exact) mass is 182 g/mol. The van der Waals surface area contributed by atoms with Gasteiger partial charge in [-0.25, -0.2) is 0 Å². The van der Waals surface area contributed by atoms with Crippen molar-refractivity contribution in [1.29, 1.82) is 0 Å². The van der Waals surface area contributed by atoms with Crippen LogP contribution < -0.4 is 0 Å². The fourth-order valence-electron chi connectivity index (χ4n) is 0.768. The Labute approximate surface area is 76.1 Å². The first-order valence-corrected chi connectivity index (χ1v) is 3.43. The first-order valence-electron chi connectivity index (χ1n) is 3.43. The van der Waals surface area contributed by atoms with Crippen LogP contribution in [0.5, 0.6) is 0 Å². The van der Waals surface area contributed by atoms with E-state index in [1.807, 2.05) is 0 Å². The van der Waals surface area contributed by atoms with Crippen molar-refractivity contribution in [1.82, 2.24) is 0 Å². The maximum absolute atomic E-state index is 10.2. The van der Waals surface area contributed by atoms with Gasteiger partial charge in [0, 0.05) is 11.6 Å². The molecule has 0 aliphatic heterocycles. The first kappa shape index (κ1) is 11.6. The molecule has 0 saturated carbocycles. The number of nitro benzene ring substituents is 1. The number of aryl methyl sites for hydroxylation is 1. The molecule has 0 saturated heterocycles. The molecule has 2 N–H and O–H groups in total. The summed E-state index contributed by atoms with van der Waals surface area (Å²) in [6.45, 7) is 1.72. The summed E-state index contributed by atoms with van der Waals surface area (Å²) in [5.74, 6) is 0. The second-order valence-electron chi connectivity index (χ2n) is 2.16. The van der Waals surface area contributed by atoms with Crippen molar-refractivity contribution in [2.45, 2.75) is 6.92 Å². The molecule has 0 amide bonds. The molecule has 13 heavy (non-hydrogen) atoms. The molecule has 0 heterocycles. The third-order valence-electron chi connectivity index (χ3n) is 1.31. The van der Waals surface area contributed by atoms with Gasteiger partial charge in [0.15, 0.2) is 0 Å². The number of benzene rings is 1. The quantitative estimate of drug-likeness (QED) is 0.374. The molecule has 0 aliphatic rings. The largest absolute Gasteiger partial charge is 0.482 e. The van der Waals surface area contributed by atoms with Gasteiger partial charge in [0.2, 0.25) is 0 Å². The van der Waals surface area contributed by atoms with Gasteiger partial charge in [-0.15, -0.1) is 0 Å². The molecule has 1 rings (SSSR count). The highest BCUT2D eigenvalue weighted by atomic mass is 16.6. The van der Waals surface area contributed by atoms with E-state index < -0.39 is 0 Å². The average molecular weight is 182 g/mol. The predicted octanol–water partition coefficient (Wildman–Crippen LogP) is 0.408. The molecule has 0 bridgehead atoms. The summed E-state index contributed by atoms with van der Waals surface area (Å²) in [5.41, 5.74) is 0.884. The Hall–Kier alpha value is -1.40. The van der Waals surface area contributed by atoms with Gasteiger partial charge in [-0.1, -0.05) is 18.2 Å². The molecule has 1 radical (unpaired) electrons. The lowest BCUT2D eigenvalue weighted by Gasteiger charge is -1.92. The highest BCUT2D eigenvalue weighted by molar-refractivity contribution is 6.13. The molecule has 1 aromatic carbocycles. The van der Waals surface area contributed by atoms with E-state index in [0.717, 1.165) is 0 Å². The van der Waals surface area contributed by atoms with Crippen LogP contribution in [0.25, 0.3) is 0 Å². The zero-order chi connectivity index (χ0) is 10.3. The lowest BCUT2D eigenvalue weighted by Crippen LogP contribution is -1.89. The second-order valence-corrected chi connectivity index (χ2v) is 2.16. The third-order valence-corrected chi connectivity index (χ3v) is 1.31. The Balaban J connectivity index is 0.000000424. The van der Waals surface area contributed by atoms with Crippen molar-refractivity contribution in [3.05, 3.63) is 39.9 Å². The molecule has 0 atom stereocenters.